The average Bonchev–Trinajstić information content (AvgIpc) is 3.30. The average molecular weight is 408 g/mol. The van der Waals surface area contributed by atoms with Crippen LogP contribution in [0.5, 0.6) is 0 Å². The predicted molar refractivity (Wildman–Crippen MR) is 114 cm³/mol. The van der Waals surface area contributed by atoms with E-state index in [2.05, 4.69) is 27.3 Å². The van der Waals surface area contributed by atoms with E-state index in [0.717, 1.165) is 18.8 Å². The molecule has 2 aromatic heterocycles. The number of pyridine rings is 1. The molecule has 1 saturated heterocycles. The van der Waals surface area contributed by atoms with Crippen LogP contribution in [-0.2, 0) is 0 Å². The highest BCUT2D eigenvalue weighted by atomic mass is 32.1. The molecule has 3 heterocycles. The number of aromatic carboxylic acids is 1. The zero-order valence-electron chi connectivity index (χ0n) is 15.6. The van der Waals surface area contributed by atoms with E-state index in [1.807, 2.05) is 28.5 Å². The molecule has 7 nitrogen and oxygen atoms in total. The minimum absolute atomic E-state index is 0.0853. The van der Waals surface area contributed by atoms with Gasteiger partial charge in [-0.15, -0.1) is 11.3 Å². The summed E-state index contributed by atoms with van der Waals surface area (Å²) in [5, 5.41) is 14.2. The highest BCUT2D eigenvalue weighted by Gasteiger charge is 2.23. The van der Waals surface area contributed by atoms with Crippen LogP contribution in [-0.4, -0.2) is 48.1 Å². The lowest BCUT2D eigenvalue weighted by Crippen LogP contribution is -2.47. The van der Waals surface area contributed by atoms with Crippen LogP contribution in [0.25, 0.3) is 0 Å². The van der Waals surface area contributed by atoms with E-state index in [1.54, 1.807) is 12.1 Å². The Balaban J connectivity index is 1.49. The second kappa shape index (κ2) is 8.32. The van der Waals surface area contributed by atoms with Crippen molar-refractivity contribution in [3.8, 4) is 0 Å². The van der Waals surface area contributed by atoms with E-state index in [9.17, 15) is 14.7 Å². The Morgan fingerprint density at radius 2 is 1.72 bits per heavy atom. The van der Waals surface area contributed by atoms with Crippen molar-refractivity contribution in [2.75, 3.05) is 41.3 Å². The number of carboxylic acid groups (broad SMARTS) is 1. The zero-order valence-corrected chi connectivity index (χ0v) is 16.4. The number of aromatic nitrogens is 1. The molecule has 0 spiro atoms. The van der Waals surface area contributed by atoms with Crippen molar-refractivity contribution in [3.05, 3.63) is 70.5 Å². The third-order valence-electron chi connectivity index (χ3n) is 4.80. The van der Waals surface area contributed by atoms with Crippen molar-refractivity contribution in [2.24, 2.45) is 0 Å². The van der Waals surface area contributed by atoms with Gasteiger partial charge in [0.05, 0.1) is 16.8 Å². The summed E-state index contributed by atoms with van der Waals surface area (Å²) < 4.78 is 0. The second-order valence-corrected chi connectivity index (χ2v) is 7.59. The number of anilines is 3. The maximum absolute atomic E-state index is 12.2. The Labute approximate surface area is 172 Å². The minimum atomic E-state index is -1.06. The molecule has 4 rings (SSSR count). The molecule has 0 radical (unpaired) electrons. The maximum Gasteiger partial charge on any atom is 0.339 e. The number of amides is 1. The number of para-hydroxylation sites is 1. The molecule has 1 aromatic carbocycles. The summed E-state index contributed by atoms with van der Waals surface area (Å²) in [4.78, 5) is 33.2. The van der Waals surface area contributed by atoms with Crippen molar-refractivity contribution >= 4 is 40.4 Å². The highest BCUT2D eigenvalue weighted by molar-refractivity contribution is 7.12. The molecular weight excluding hydrogens is 388 g/mol. The van der Waals surface area contributed by atoms with E-state index in [1.165, 1.54) is 23.6 Å². The molecule has 1 amide bonds. The van der Waals surface area contributed by atoms with Crippen LogP contribution >= 0.6 is 11.3 Å². The normalized spacial score (nSPS) is 13.9. The van der Waals surface area contributed by atoms with Crippen LogP contribution in [0, 0.1) is 0 Å². The molecule has 148 valence electrons. The van der Waals surface area contributed by atoms with Gasteiger partial charge in [0.15, 0.2) is 0 Å². The maximum atomic E-state index is 12.2. The molecule has 1 fully saturated rings. The van der Waals surface area contributed by atoms with Gasteiger partial charge in [0.25, 0.3) is 5.91 Å². The lowest BCUT2D eigenvalue weighted by atomic mass is 10.2. The van der Waals surface area contributed by atoms with Gasteiger partial charge in [-0.05, 0) is 29.6 Å². The number of hydrogen-bond acceptors (Lipinski definition) is 6. The van der Waals surface area contributed by atoms with Crippen molar-refractivity contribution in [2.45, 2.75) is 0 Å². The number of thiophene rings is 1. The predicted octanol–water partition coefficient (Wildman–Crippen LogP) is 3.42. The minimum Gasteiger partial charge on any atom is -0.478 e. The van der Waals surface area contributed by atoms with Gasteiger partial charge in [0.1, 0.15) is 11.4 Å². The van der Waals surface area contributed by atoms with Crippen LogP contribution in [0.4, 0.5) is 17.2 Å². The monoisotopic (exact) mass is 408 g/mol. The molecule has 0 saturated carbocycles. The topological polar surface area (TPSA) is 85.8 Å². The summed E-state index contributed by atoms with van der Waals surface area (Å²) in [7, 11) is 0. The third kappa shape index (κ3) is 4.22. The van der Waals surface area contributed by atoms with Crippen molar-refractivity contribution in [1.29, 1.82) is 0 Å². The molecule has 0 unspecified atom stereocenters. The first-order valence-corrected chi connectivity index (χ1v) is 10.1. The molecule has 8 heteroatoms. The molecule has 0 aliphatic carbocycles. The first-order valence-electron chi connectivity index (χ1n) is 9.25. The second-order valence-electron chi connectivity index (χ2n) is 6.64. The Bertz CT molecular complexity index is 1000. The number of nitrogens with one attached hydrogen (secondary N) is 1. The number of carbonyl (C=O) groups excluding carboxylic acids is 1. The fraction of sp³-hybridized carbons (Fsp3) is 0.190. The van der Waals surface area contributed by atoms with E-state index >= 15 is 0 Å². The fourth-order valence-corrected chi connectivity index (χ4v) is 3.97. The number of benzene rings is 1. The Morgan fingerprint density at radius 1 is 1.00 bits per heavy atom. The van der Waals surface area contributed by atoms with Crippen molar-refractivity contribution < 1.29 is 14.7 Å². The van der Waals surface area contributed by atoms with Crippen molar-refractivity contribution in [1.82, 2.24) is 4.98 Å². The van der Waals surface area contributed by atoms with Crippen LogP contribution in [0.2, 0.25) is 0 Å². The Morgan fingerprint density at radius 3 is 2.38 bits per heavy atom. The summed E-state index contributed by atoms with van der Waals surface area (Å²) in [6.45, 7) is 2.90. The third-order valence-corrected chi connectivity index (χ3v) is 5.67. The van der Waals surface area contributed by atoms with Gasteiger partial charge in [-0.3, -0.25) is 4.79 Å². The van der Waals surface area contributed by atoms with E-state index in [0.29, 0.717) is 29.5 Å². The first-order chi connectivity index (χ1) is 14.1. The molecule has 0 bridgehead atoms. The molecule has 2 N–H and O–H groups in total. The smallest absolute Gasteiger partial charge is 0.339 e. The van der Waals surface area contributed by atoms with Gasteiger partial charge in [-0.2, -0.15) is 0 Å². The van der Waals surface area contributed by atoms with Crippen LogP contribution in [0.1, 0.15) is 20.0 Å². The van der Waals surface area contributed by atoms with Gasteiger partial charge in [-0.25, -0.2) is 9.78 Å². The van der Waals surface area contributed by atoms with E-state index < -0.39 is 5.97 Å². The number of carboxylic acids is 1. The standard InChI is InChI=1S/C21H20N4O3S/c26-20(18-7-4-12-29-18)23-15-13-17(21(27)28)19(22-14-15)25-10-8-24(9-11-25)16-5-2-1-3-6-16/h1-7,12-14H,8-11H2,(H,23,26)(H,27,28). The number of rotatable bonds is 5. The summed E-state index contributed by atoms with van der Waals surface area (Å²) in [6, 6.07) is 15.1. The largest absolute Gasteiger partial charge is 0.478 e. The zero-order chi connectivity index (χ0) is 20.2. The number of piperazine rings is 1. The Hall–Kier alpha value is -3.39. The van der Waals surface area contributed by atoms with Gasteiger partial charge < -0.3 is 20.2 Å². The summed E-state index contributed by atoms with van der Waals surface area (Å²) >= 11 is 1.32. The Kier molecular flexibility index (Phi) is 5.44. The first kappa shape index (κ1) is 18.9. The van der Waals surface area contributed by atoms with Crippen LogP contribution in [0.15, 0.2) is 60.1 Å². The SMILES string of the molecule is O=C(Nc1cnc(N2CCN(c3ccccc3)CC2)c(C(=O)O)c1)c1cccs1. The van der Waals surface area contributed by atoms with Gasteiger partial charge in [0, 0.05) is 31.9 Å². The number of nitrogens with zero attached hydrogens (tertiary/aromatic N) is 3. The molecule has 1 aliphatic rings. The summed E-state index contributed by atoms with van der Waals surface area (Å²) in [5.41, 5.74) is 1.61. The molecule has 29 heavy (non-hydrogen) atoms. The van der Waals surface area contributed by atoms with Crippen LogP contribution < -0.4 is 15.1 Å². The van der Waals surface area contributed by atoms with Gasteiger partial charge in [-0.1, -0.05) is 24.3 Å². The van der Waals surface area contributed by atoms with Gasteiger partial charge in [0.2, 0.25) is 0 Å². The number of carbonyl (C=O) groups is 2. The van der Waals surface area contributed by atoms with Crippen molar-refractivity contribution in [3.63, 3.8) is 0 Å². The fourth-order valence-electron chi connectivity index (χ4n) is 3.35. The number of hydrogen-bond donors (Lipinski definition) is 2. The van der Waals surface area contributed by atoms with Gasteiger partial charge >= 0.3 is 5.97 Å². The molecule has 1 aliphatic heterocycles. The highest BCUT2D eigenvalue weighted by Crippen LogP contribution is 2.25. The summed E-state index contributed by atoms with van der Waals surface area (Å²) in [6.07, 6.45) is 1.51. The van der Waals surface area contributed by atoms with Crippen LogP contribution in [0.3, 0.4) is 0 Å². The molecule has 0 atom stereocenters. The van der Waals surface area contributed by atoms with E-state index in [4.69, 9.17) is 0 Å². The lowest BCUT2D eigenvalue weighted by molar-refractivity contribution is 0.0696. The lowest BCUT2D eigenvalue weighted by Gasteiger charge is -2.37. The molecule has 3 aromatic rings. The van der Waals surface area contributed by atoms with E-state index in [-0.39, 0.29) is 11.5 Å². The quantitative estimate of drug-likeness (QED) is 0.673. The molecular formula is C21H20N4O3S. The summed E-state index contributed by atoms with van der Waals surface area (Å²) in [5.74, 6) is -0.910.